The Hall–Kier alpha value is -3.05. The predicted octanol–water partition coefficient (Wildman–Crippen LogP) is 5.28. The van der Waals surface area contributed by atoms with Crippen molar-refractivity contribution in [3.05, 3.63) is 93.8 Å². The number of benzene rings is 3. The van der Waals surface area contributed by atoms with Gasteiger partial charge in [0.1, 0.15) is 5.82 Å². The Balaban J connectivity index is 1.85. The van der Waals surface area contributed by atoms with Gasteiger partial charge in [0.15, 0.2) is 11.5 Å². The van der Waals surface area contributed by atoms with Crippen molar-refractivity contribution in [2.75, 3.05) is 20.8 Å². The van der Waals surface area contributed by atoms with E-state index < -0.39 is 0 Å². The topological polar surface area (TPSA) is 38.8 Å². The molecule has 1 atom stereocenters. The molecule has 0 saturated carbocycles. The molecule has 4 rings (SSSR count). The van der Waals surface area contributed by atoms with Crippen molar-refractivity contribution in [3.8, 4) is 11.5 Å². The first-order valence-electron chi connectivity index (χ1n) is 9.58. The Morgan fingerprint density at radius 3 is 2.40 bits per heavy atom. The molecule has 30 heavy (non-hydrogen) atoms. The highest BCUT2D eigenvalue weighted by Crippen LogP contribution is 2.41. The van der Waals surface area contributed by atoms with E-state index in [0.29, 0.717) is 35.1 Å². The van der Waals surface area contributed by atoms with E-state index in [0.717, 1.165) is 16.7 Å². The summed E-state index contributed by atoms with van der Waals surface area (Å²) in [7, 11) is 3.19. The Morgan fingerprint density at radius 2 is 1.73 bits per heavy atom. The van der Waals surface area contributed by atoms with Crippen molar-refractivity contribution in [1.82, 2.24) is 4.90 Å². The first-order chi connectivity index (χ1) is 14.5. The van der Waals surface area contributed by atoms with E-state index in [-0.39, 0.29) is 17.8 Å². The maximum atomic E-state index is 13.4. The van der Waals surface area contributed by atoms with Gasteiger partial charge in [-0.25, -0.2) is 4.39 Å². The molecule has 1 amide bonds. The lowest BCUT2D eigenvalue weighted by molar-refractivity contribution is 0.0694. The van der Waals surface area contributed by atoms with Crippen LogP contribution in [0.5, 0.6) is 11.5 Å². The van der Waals surface area contributed by atoms with Crippen LogP contribution in [0.25, 0.3) is 0 Å². The molecule has 0 saturated heterocycles. The summed E-state index contributed by atoms with van der Waals surface area (Å²) < 4.78 is 24.3. The molecule has 0 unspecified atom stereocenters. The number of rotatable bonds is 4. The number of hydrogen-bond acceptors (Lipinski definition) is 3. The molecule has 3 aromatic carbocycles. The second-order valence-corrected chi connectivity index (χ2v) is 7.56. The molecule has 0 N–H and O–H groups in total. The molecule has 1 aliphatic rings. The third-order valence-corrected chi connectivity index (χ3v) is 5.63. The minimum absolute atomic E-state index is 0.166. The molecule has 0 radical (unpaired) electrons. The summed E-state index contributed by atoms with van der Waals surface area (Å²) in [5.41, 5.74) is 3.37. The summed E-state index contributed by atoms with van der Waals surface area (Å²) in [5, 5.41) is 0.592. The third-order valence-electron chi connectivity index (χ3n) is 5.39. The Bertz CT molecular complexity index is 1080. The van der Waals surface area contributed by atoms with E-state index >= 15 is 0 Å². The molecule has 0 fully saturated rings. The molecule has 1 aliphatic heterocycles. The van der Waals surface area contributed by atoms with E-state index in [1.165, 1.54) is 24.3 Å². The van der Waals surface area contributed by atoms with Gasteiger partial charge in [0.25, 0.3) is 5.91 Å². The minimum Gasteiger partial charge on any atom is -0.493 e. The van der Waals surface area contributed by atoms with Crippen LogP contribution in [0.1, 0.15) is 33.1 Å². The Labute approximate surface area is 179 Å². The van der Waals surface area contributed by atoms with Gasteiger partial charge in [0, 0.05) is 17.1 Å². The van der Waals surface area contributed by atoms with Gasteiger partial charge in [-0.15, -0.1) is 0 Å². The third kappa shape index (κ3) is 3.73. The van der Waals surface area contributed by atoms with E-state index in [9.17, 15) is 9.18 Å². The van der Waals surface area contributed by atoms with Crippen molar-refractivity contribution in [2.24, 2.45) is 0 Å². The highest BCUT2D eigenvalue weighted by Gasteiger charge is 2.34. The predicted molar refractivity (Wildman–Crippen MR) is 114 cm³/mol. The highest BCUT2D eigenvalue weighted by molar-refractivity contribution is 6.30. The van der Waals surface area contributed by atoms with Crippen LogP contribution < -0.4 is 9.47 Å². The zero-order valence-electron chi connectivity index (χ0n) is 16.7. The van der Waals surface area contributed by atoms with Crippen molar-refractivity contribution in [1.29, 1.82) is 0 Å². The molecule has 1 heterocycles. The molecule has 0 bridgehead atoms. The standard InChI is InChI=1S/C24H21ClFNO3/c1-29-21-13-16-10-11-27(24(28)15-6-8-19(26)9-7-15)23(20(16)14-22(21)30-2)17-4-3-5-18(25)12-17/h3-9,12-14,23H,10-11H2,1-2H3/t23-/m0/s1. The molecule has 6 heteroatoms. The molecular formula is C24H21ClFNO3. The number of fused-ring (bicyclic) bond motifs is 1. The zero-order valence-corrected chi connectivity index (χ0v) is 17.4. The molecule has 0 aromatic heterocycles. The van der Waals surface area contributed by atoms with Crippen molar-refractivity contribution < 1.29 is 18.7 Å². The van der Waals surface area contributed by atoms with Gasteiger partial charge in [-0.2, -0.15) is 0 Å². The number of methoxy groups -OCH3 is 2. The van der Waals surface area contributed by atoms with Gasteiger partial charge >= 0.3 is 0 Å². The normalized spacial score (nSPS) is 15.5. The van der Waals surface area contributed by atoms with Gasteiger partial charge in [-0.05, 0) is 71.6 Å². The van der Waals surface area contributed by atoms with E-state index in [1.54, 1.807) is 25.2 Å². The molecule has 154 valence electrons. The average Bonchev–Trinajstić information content (AvgIpc) is 2.77. The number of nitrogens with zero attached hydrogens (tertiary/aromatic N) is 1. The van der Waals surface area contributed by atoms with Crippen LogP contribution in [0.3, 0.4) is 0 Å². The van der Waals surface area contributed by atoms with Gasteiger partial charge in [-0.3, -0.25) is 4.79 Å². The van der Waals surface area contributed by atoms with Gasteiger partial charge in [-0.1, -0.05) is 23.7 Å². The largest absolute Gasteiger partial charge is 0.493 e. The van der Waals surface area contributed by atoms with Gasteiger partial charge < -0.3 is 14.4 Å². The molecule has 3 aromatic rings. The summed E-state index contributed by atoms with van der Waals surface area (Å²) in [4.78, 5) is 15.2. The maximum absolute atomic E-state index is 13.4. The summed E-state index contributed by atoms with van der Waals surface area (Å²) >= 11 is 6.27. The first-order valence-corrected chi connectivity index (χ1v) is 9.96. The fraction of sp³-hybridized carbons (Fsp3) is 0.208. The van der Waals surface area contributed by atoms with Crippen LogP contribution in [-0.2, 0) is 6.42 Å². The molecule has 0 aliphatic carbocycles. The zero-order chi connectivity index (χ0) is 21.3. The van der Waals surface area contributed by atoms with E-state index in [2.05, 4.69) is 0 Å². The van der Waals surface area contributed by atoms with Crippen LogP contribution in [0.4, 0.5) is 4.39 Å². The maximum Gasteiger partial charge on any atom is 0.254 e. The van der Waals surface area contributed by atoms with Crippen molar-refractivity contribution >= 4 is 17.5 Å². The van der Waals surface area contributed by atoms with Gasteiger partial charge in [0.05, 0.1) is 20.3 Å². The Kier molecular flexibility index (Phi) is 5.64. The fourth-order valence-corrected chi connectivity index (χ4v) is 4.16. The van der Waals surface area contributed by atoms with Crippen LogP contribution >= 0.6 is 11.6 Å². The number of halogens is 2. The average molecular weight is 426 g/mol. The van der Waals surface area contributed by atoms with Crippen molar-refractivity contribution in [2.45, 2.75) is 12.5 Å². The monoisotopic (exact) mass is 425 g/mol. The van der Waals surface area contributed by atoms with Crippen LogP contribution in [0.15, 0.2) is 60.7 Å². The lowest BCUT2D eigenvalue weighted by Crippen LogP contribution is -2.40. The highest BCUT2D eigenvalue weighted by atomic mass is 35.5. The number of hydrogen-bond donors (Lipinski definition) is 0. The summed E-state index contributed by atoms with van der Waals surface area (Å²) in [6.45, 7) is 0.510. The number of amides is 1. The Morgan fingerprint density at radius 1 is 1.03 bits per heavy atom. The van der Waals surface area contributed by atoms with Gasteiger partial charge in [0.2, 0.25) is 0 Å². The smallest absolute Gasteiger partial charge is 0.254 e. The molecule has 4 nitrogen and oxygen atoms in total. The number of carbonyl (C=O) groups is 1. The summed E-state index contributed by atoms with van der Waals surface area (Å²) in [6.07, 6.45) is 0.666. The number of ether oxygens (including phenoxy) is 2. The SMILES string of the molecule is COc1cc2c(cc1OC)[C@H](c1cccc(Cl)c1)N(C(=O)c1ccc(F)cc1)CC2. The second kappa shape index (κ2) is 8.36. The van der Waals surface area contributed by atoms with E-state index in [4.69, 9.17) is 21.1 Å². The number of carbonyl (C=O) groups excluding carboxylic acids is 1. The second-order valence-electron chi connectivity index (χ2n) is 7.12. The van der Waals surface area contributed by atoms with Crippen LogP contribution in [-0.4, -0.2) is 31.6 Å². The lowest BCUT2D eigenvalue weighted by atomic mass is 9.87. The minimum atomic E-state index is -0.376. The van der Waals surface area contributed by atoms with Crippen LogP contribution in [0.2, 0.25) is 5.02 Å². The molecule has 0 spiro atoms. The fourth-order valence-electron chi connectivity index (χ4n) is 3.96. The quantitative estimate of drug-likeness (QED) is 0.570. The lowest BCUT2D eigenvalue weighted by Gasteiger charge is -2.38. The van der Waals surface area contributed by atoms with E-state index in [1.807, 2.05) is 30.3 Å². The molecular weight excluding hydrogens is 405 g/mol. The summed E-state index contributed by atoms with van der Waals surface area (Å²) in [6, 6.07) is 16.6. The first kappa shape index (κ1) is 20.2. The summed E-state index contributed by atoms with van der Waals surface area (Å²) in [5.74, 6) is 0.706. The van der Waals surface area contributed by atoms with Crippen LogP contribution in [0, 0.1) is 5.82 Å². The van der Waals surface area contributed by atoms with Crippen molar-refractivity contribution in [3.63, 3.8) is 0 Å².